The summed E-state index contributed by atoms with van der Waals surface area (Å²) in [6.45, 7) is 3.23. The first kappa shape index (κ1) is 18.7. The predicted octanol–water partition coefficient (Wildman–Crippen LogP) is 3.08. The van der Waals surface area contributed by atoms with Gasteiger partial charge < -0.3 is 21.7 Å². The Hall–Kier alpha value is -2.62. The van der Waals surface area contributed by atoms with Crippen molar-refractivity contribution in [2.45, 2.75) is 18.5 Å². The molecule has 25 heavy (non-hydrogen) atoms. The SMILES string of the molecule is C=C1C(c2cc(O)c(N)cc2C(F)(F)F)=C(C(F)(F)F)C=C(N)C1O. The van der Waals surface area contributed by atoms with E-state index in [1.165, 1.54) is 0 Å². The van der Waals surface area contributed by atoms with Crippen molar-refractivity contribution in [3.05, 3.63) is 52.8 Å². The van der Waals surface area contributed by atoms with Gasteiger partial charge >= 0.3 is 12.4 Å². The Balaban J connectivity index is 2.94. The molecule has 0 bridgehead atoms. The summed E-state index contributed by atoms with van der Waals surface area (Å²) in [6, 6.07) is 0.763. The molecule has 0 spiro atoms. The van der Waals surface area contributed by atoms with Crippen molar-refractivity contribution in [1.82, 2.24) is 0 Å². The lowest BCUT2D eigenvalue weighted by Gasteiger charge is -2.28. The number of allylic oxidation sites excluding steroid dienone is 2. The average Bonchev–Trinajstić information content (AvgIpc) is 2.45. The molecule has 1 aliphatic carbocycles. The van der Waals surface area contributed by atoms with Crippen LogP contribution in [0, 0.1) is 0 Å². The standard InChI is InChI=1S/C15H12F6N2O2/c1-5-12(8(15(19,20)21)4-10(23)13(5)25)6-2-11(24)9(22)3-7(6)14(16,17)18/h2-4,13,24-25H,1,22-23H2. The van der Waals surface area contributed by atoms with E-state index in [0.29, 0.717) is 18.2 Å². The van der Waals surface area contributed by atoms with Crippen molar-refractivity contribution in [2.24, 2.45) is 5.73 Å². The van der Waals surface area contributed by atoms with Crippen LogP contribution in [0.4, 0.5) is 32.0 Å². The number of nitrogens with two attached hydrogens (primary N) is 2. The van der Waals surface area contributed by atoms with Crippen molar-refractivity contribution >= 4 is 11.3 Å². The monoisotopic (exact) mass is 366 g/mol. The summed E-state index contributed by atoms with van der Waals surface area (Å²) in [4.78, 5) is 0. The van der Waals surface area contributed by atoms with E-state index in [1.807, 2.05) is 0 Å². The summed E-state index contributed by atoms with van der Waals surface area (Å²) >= 11 is 0. The van der Waals surface area contributed by atoms with Crippen LogP contribution in [-0.2, 0) is 6.18 Å². The number of hydrogen-bond donors (Lipinski definition) is 4. The molecule has 1 aromatic carbocycles. The quantitative estimate of drug-likeness (QED) is 0.349. The summed E-state index contributed by atoms with van der Waals surface area (Å²) in [5.41, 5.74) is 3.50. The summed E-state index contributed by atoms with van der Waals surface area (Å²) in [6.07, 6.45) is -11.6. The third-order valence-corrected chi connectivity index (χ3v) is 3.59. The van der Waals surface area contributed by atoms with Crippen molar-refractivity contribution < 1.29 is 36.6 Å². The zero-order valence-electron chi connectivity index (χ0n) is 12.3. The summed E-state index contributed by atoms with van der Waals surface area (Å²) in [7, 11) is 0. The van der Waals surface area contributed by atoms with Gasteiger partial charge in [-0.3, -0.25) is 0 Å². The van der Waals surface area contributed by atoms with E-state index in [9.17, 15) is 36.6 Å². The lowest BCUT2D eigenvalue weighted by Crippen LogP contribution is -2.28. The first-order chi connectivity index (χ1) is 11.2. The normalized spacial score (nSPS) is 19.2. The first-order valence-corrected chi connectivity index (χ1v) is 6.61. The summed E-state index contributed by atoms with van der Waals surface area (Å²) in [5.74, 6) is -0.846. The number of phenols is 1. The minimum absolute atomic E-state index is 0.312. The van der Waals surface area contributed by atoms with Gasteiger partial charge in [0.1, 0.15) is 11.9 Å². The van der Waals surface area contributed by atoms with Crippen molar-refractivity contribution in [3.8, 4) is 5.75 Å². The smallest absolute Gasteiger partial charge is 0.417 e. The zero-order valence-corrected chi connectivity index (χ0v) is 12.3. The van der Waals surface area contributed by atoms with E-state index >= 15 is 0 Å². The van der Waals surface area contributed by atoms with Crippen molar-refractivity contribution in [2.75, 3.05) is 5.73 Å². The highest BCUT2D eigenvalue weighted by Crippen LogP contribution is 2.47. The highest BCUT2D eigenvalue weighted by molar-refractivity contribution is 5.89. The lowest BCUT2D eigenvalue weighted by atomic mass is 9.82. The molecule has 1 atom stereocenters. The maximum atomic E-state index is 13.3. The number of aliphatic hydroxyl groups is 1. The van der Waals surface area contributed by atoms with Crippen molar-refractivity contribution in [3.63, 3.8) is 0 Å². The topological polar surface area (TPSA) is 92.5 Å². The molecular weight excluding hydrogens is 354 g/mol. The minimum Gasteiger partial charge on any atom is -0.506 e. The van der Waals surface area contributed by atoms with Crippen LogP contribution in [0.1, 0.15) is 11.1 Å². The van der Waals surface area contributed by atoms with Gasteiger partial charge in [-0.1, -0.05) is 6.58 Å². The number of halogens is 6. The molecule has 0 aliphatic heterocycles. The third-order valence-electron chi connectivity index (χ3n) is 3.59. The van der Waals surface area contributed by atoms with E-state index < -0.39 is 63.4 Å². The highest BCUT2D eigenvalue weighted by atomic mass is 19.4. The Bertz CT molecular complexity index is 805. The van der Waals surface area contributed by atoms with Gasteiger partial charge in [0.05, 0.1) is 16.8 Å². The summed E-state index contributed by atoms with van der Waals surface area (Å²) < 4.78 is 79.7. The molecule has 1 unspecified atom stereocenters. The first-order valence-electron chi connectivity index (χ1n) is 6.61. The second kappa shape index (κ2) is 5.73. The second-order valence-corrected chi connectivity index (χ2v) is 5.31. The number of hydrogen-bond acceptors (Lipinski definition) is 4. The molecule has 2 rings (SSSR count). The van der Waals surface area contributed by atoms with Gasteiger partial charge in [0.15, 0.2) is 0 Å². The third kappa shape index (κ3) is 3.29. The summed E-state index contributed by atoms with van der Waals surface area (Å²) in [5, 5.41) is 19.4. The van der Waals surface area contributed by atoms with Gasteiger partial charge in [-0.15, -0.1) is 0 Å². The molecule has 0 radical (unpaired) electrons. The molecule has 6 N–H and O–H groups in total. The van der Waals surface area contributed by atoms with Crippen LogP contribution in [0.3, 0.4) is 0 Å². The molecule has 1 aliphatic rings. The van der Waals surface area contributed by atoms with Gasteiger partial charge in [-0.25, -0.2) is 0 Å². The number of aliphatic hydroxyl groups excluding tert-OH is 1. The Kier molecular flexibility index (Phi) is 4.29. The van der Waals surface area contributed by atoms with E-state index in [4.69, 9.17) is 11.5 Å². The fraction of sp³-hybridized carbons (Fsp3) is 0.200. The van der Waals surface area contributed by atoms with Gasteiger partial charge in [-0.2, -0.15) is 26.3 Å². The highest BCUT2D eigenvalue weighted by Gasteiger charge is 2.43. The molecule has 4 nitrogen and oxygen atoms in total. The van der Waals surface area contributed by atoms with Gasteiger partial charge in [0.25, 0.3) is 0 Å². The number of alkyl halides is 6. The Morgan fingerprint density at radius 3 is 2.04 bits per heavy atom. The number of anilines is 1. The van der Waals surface area contributed by atoms with Crippen LogP contribution in [0.15, 0.2) is 41.6 Å². The molecule has 0 heterocycles. The van der Waals surface area contributed by atoms with Gasteiger partial charge in [0.2, 0.25) is 0 Å². The van der Waals surface area contributed by atoms with E-state index in [1.54, 1.807) is 0 Å². The fourth-order valence-electron chi connectivity index (χ4n) is 2.42. The van der Waals surface area contributed by atoms with Crippen LogP contribution in [-0.4, -0.2) is 22.5 Å². The predicted molar refractivity (Wildman–Crippen MR) is 77.9 cm³/mol. The van der Waals surface area contributed by atoms with E-state index in [-0.39, 0.29) is 0 Å². The van der Waals surface area contributed by atoms with Gasteiger partial charge in [0, 0.05) is 11.3 Å². The molecule has 0 saturated heterocycles. The molecular formula is C15H12F6N2O2. The Labute approximate surface area is 137 Å². The molecule has 0 aromatic heterocycles. The maximum Gasteiger partial charge on any atom is 0.417 e. The molecule has 136 valence electrons. The molecule has 0 amide bonds. The number of nitrogen functional groups attached to an aromatic ring is 1. The maximum absolute atomic E-state index is 13.3. The number of rotatable bonds is 1. The number of phenolic OH excluding ortho intramolecular Hbond substituents is 1. The van der Waals surface area contributed by atoms with E-state index in [2.05, 4.69) is 6.58 Å². The molecule has 10 heteroatoms. The van der Waals surface area contributed by atoms with Crippen LogP contribution in [0.2, 0.25) is 0 Å². The Morgan fingerprint density at radius 2 is 1.56 bits per heavy atom. The van der Waals surface area contributed by atoms with Crippen LogP contribution in [0.5, 0.6) is 5.75 Å². The zero-order chi connectivity index (χ0) is 19.3. The fourth-order valence-corrected chi connectivity index (χ4v) is 2.42. The number of benzene rings is 1. The Morgan fingerprint density at radius 1 is 1.00 bits per heavy atom. The molecule has 1 aromatic rings. The number of aromatic hydroxyl groups is 1. The molecule has 0 saturated carbocycles. The van der Waals surface area contributed by atoms with Crippen LogP contribution in [0.25, 0.3) is 5.57 Å². The van der Waals surface area contributed by atoms with Crippen molar-refractivity contribution in [1.29, 1.82) is 0 Å². The van der Waals surface area contributed by atoms with Crippen LogP contribution < -0.4 is 11.5 Å². The van der Waals surface area contributed by atoms with Gasteiger partial charge in [-0.05, 0) is 29.3 Å². The largest absolute Gasteiger partial charge is 0.506 e. The minimum atomic E-state index is -5.08. The van der Waals surface area contributed by atoms with E-state index in [0.717, 1.165) is 0 Å². The molecule has 0 fully saturated rings. The second-order valence-electron chi connectivity index (χ2n) is 5.31. The van der Waals surface area contributed by atoms with Crippen LogP contribution >= 0.6 is 0 Å². The average molecular weight is 366 g/mol. The lowest BCUT2D eigenvalue weighted by molar-refractivity contribution is -0.137.